The summed E-state index contributed by atoms with van der Waals surface area (Å²) in [7, 11) is 2.86. The summed E-state index contributed by atoms with van der Waals surface area (Å²) in [6, 6.07) is 9.66. The van der Waals surface area contributed by atoms with Crippen molar-refractivity contribution in [1.29, 1.82) is 0 Å². The smallest absolute Gasteiger partial charge is 0.295 e. The molecule has 34 heavy (non-hydrogen) atoms. The van der Waals surface area contributed by atoms with Crippen molar-refractivity contribution in [2.45, 2.75) is 19.5 Å². The van der Waals surface area contributed by atoms with E-state index in [4.69, 9.17) is 21.1 Å². The first kappa shape index (κ1) is 23.8. The second-order valence-corrected chi connectivity index (χ2v) is 9.06. The standard InChI is InChI=1S/C25H21ClFNO5S/c1-13-8-9-34-24(13)21-20(22(29)16-10-17(26)19(33-3)11-18(16)32-2)23(30)25(31)28(21)12-14-4-6-15(27)7-5-14/h4-11,21,29H,12H2,1-3H3/b22-20+. The molecule has 0 saturated carbocycles. The molecule has 1 aliphatic heterocycles. The number of amides is 1. The van der Waals surface area contributed by atoms with Crippen molar-refractivity contribution in [2.24, 2.45) is 0 Å². The number of likely N-dealkylation sites (tertiary alicyclic amines) is 1. The molecule has 1 aromatic heterocycles. The number of carbonyl (C=O) groups excluding carboxylic acids is 2. The number of hydrogen-bond donors (Lipinski definition) is 1. The van der Waals surface area contributed by atoms with E-state index in [0.717, 1.165) is 10.4 Å². The van der Waals surface area contributed by atoms with Gasteiger partial charge in [0, 0.05) is 17.5 Å². The number of aliphatic hydroxyl groups is 1. The largest absolute Gasteiger partial charge is 0.507 e. The summed E-state index contributed by atoms with van der Waals surface area (Å²) in [6.45, 7) is 1.93. The van der Waals surface area contributed by atoms with Crippen molar-refractivity contribution < 1.29 is 28.6 Å². The predicted octanol–water partition coefficient (Wildman–Crippen LogP) is 5.49. The fourth-order valence-corrected chi connectivity index (χ4v) is 5.24. The van der Waals surface area contributed by atoms with E-state index in [9.17, 15) is 19.1 Å². The lowest BCUT2D eigenvalue weighted by molar-refractivity contribution is -0.140. The number of Topliss-reactive ketones (excluding diaryl/α,β-unsaturated/α-hetero) is 1. The molecule has 0 radical (unpaired) electrons. The molecule has 1 amide bonds. The maximum Gasteiger partial charge on any atom is 0.295 e. The molecule has 2 heterocycles. The zero-order chi connectivity index (χ0) is 24.6. The van der Waals surface area contributed by atoms with Crippen molar-refractivity contribution in [3.8, 4) is 11.5 Å². The average molecular weight is 502 g/mol. The van der Waals surface area contributed by atoms with Gasteiger partial charge in [-0.05, 0) is 47.7 Å². The number of nitrogens with zero attached hydrogens (tertiary/aromatic N) is 1. The Balaban J connectivity index is 1.90. The van der Waals surface area contributed by atoms with Crippen LogP contribution in [0.1, 0.15) is 27.6 Å². The average Bonchev–Trinajstić information content (AvgIpc) is 3.35. The highest BCUT2D eigenvalue weighted by atomic mass is 35.5. The molecule has 0 bridgehead atoms. The third kappa shape index (κ3) is 4.15. The summed E-state index contributed by atoms with van der Waals surface area (Å²) >= 11 is 7.65. The number of carbonyl (C=O) groups is 2. The summed E-state index contributed by atoms with van der Waals surface area (Å²) in [5, 5.41) is 13.4. The van der Waals surface area contributed by atoms with Crippen LogP contribution in [0.25, 0.3) is 5.76 Å². The Morgan fingerprint density at radius 3 is 2.38 bits per heavy atom. The molecule has 4 rings (SSSR count). The fourth-order valence-electron chi connectivity index (χ4n) is 3.96. The Kier molecular flexibility index (Phi) is 6.63. The molecular weight excluding hydrogens is 481 g/mol. The third-order valence-corrected chi connectivity index (χ3v) is 7.05. The molecule has 1 atom stereocenters. The summed E-state index contributed by atoms with van der Waals surface area (Å²) in [5.41, 5.74) is 1.60. The molecule has 0 aliphatic carbocycles. The lowest BCUT2D eigenvalue weighted by Crippen LogP contribution is -2.29. The molecule has 3 aromatic rings. The van der Waals surface area contributed by atoms with Crippen LogP contribution in [0.4, 0.5) is 4.39 Å². The number of ether oxygens (including phenoxy) is 2. The quantitative estimate of drug-likeness (QED) is 0.275. The topological polar surface area (TPSA) is 76.1 Å². The molecule has 1 saturated heterocycles. The first-order valence-corrected chi connectivity index (χ1v) is 11.5. The van der Waals surface area contributed by atoms with Crippen molar-refractivity contribution in [1.82, 2.24) is 4.90 Å². The van der Waals surface area contributed by atoms with Crippen LogP contribution in [0.5, 0.6) is 11.5 Å². The maximum atomic E-state index is 13.4. The van der Waals surface area contributed by atoms with Gasteiger partial charge < -0.3 is 19.5 Å². The Hall–Kier alpha value is -3.36. The van der Waals surface area contributed by atoms with Crippen LogP contribution in [0.2, 0.25) is 5.02 Å². The van der Waals surface area contributed by atoms with Crippen LogP contribution in [0, 0.1) is 12.7 Å². The molecule has 1 unspecified atom stereocenters. The molecule has 176 valence electrons. The maximum absolute atomic E-state index is 13.4. The minimum Gasteiger partial charge on any atom is -0.507 e. The van der Waals surface area contributed by atoms with E-state index in [1.165, 1.54) is 54.7 Å². The van der Waals surface area contributed by atoms with Crippen LogP contribution < -0.4 is 9.47 Å². The van der Waals surface area contributed by atoms with Crippen LogP contribution in [0.15, 0.2) is 53.4 Å². The van der Waals surface area contributed by atoms with Gasteiger partial charge in [-0.3, -0.25) is 9.59 Å². The summed E-state index contributed by atoms with van der Waals surface area (Å²) in [6.07, 6.45) is 0. The van der Waals surface area contributed by atoms with E-state index in [2.05, 4.69) is 0 Å². The zero-order valence-corrected chi connectivity index (χ0v) is 20.2. The normalized spacial score (nSPS) is 17.3. The lowest BCUT2D eigenvalue weighted by atomic mass is 9.97. The van der Waals surface area contributed by atoms with Gasteiger partial charge >= 0.3 is 0 Å². The highest BCUT2D eigenvalue weighted by molar-refractivity contribution is 7.10. The SMILES string of the molecule is COc1cc(OC)c(/C(O)=C2\C(=O)C(=O)N(Cc3ccc(F)cc3)C2c2sccc2C)cc1Cl. The Morgan fingerprint density at radius 2 is 1.79 bits per heavy atom. The van der Waals surface area contributed by atoms with Crippen LogP contribution in [-0.4, -0.2) is 35.9 Å². The van der Waals surface area contributed by atoms with Gasteiger partial charge in [0.05, 0.1) is 30.4 Å². The van der Waals surface area contributed by atoms with Gasteiger partial charge in [0.2, 0.25) is 0 Å². The number of halogens is 2. The second-order valence-electron chi connectivity index (χ2n) is 7.71. The Morgan fingerprint density at radius 1 is 1.12 bits per heavy atom. The summed E-state index contributed by atoms with van der Waals surface area (Å²) in [4.78, 5) is 28.5. The van der Waals surface area contributed by atoms with Gasteiger partial charge in [0.15, 0.2) is 0 Å². The van der Waals surface area contributed by atoms with Gasteiger partial charge in [-0.25, -0.2) is 4.39 Å². The highest BCUT2D eigenvalue weighted by Crippen LogP contribution is 2.45. The molecule has 0 spiro atoms. The van der Waals surface area contributed by atoms with Gasteiger partial charge in [-0.15, -0.1) is 11.3 Å². The molecule has 1 fully saturated rings. The Bertz CT molecular complexity index is 1300. The van der Waals surface area contributed by atoms with Crippen LogP contribution in [-0.2, 0) is 16.1 Å². The van der Waals surface area contributed by atoms with Crippen molar-refractivity contribution in [3.63, 3.8) is 0 Å². The second kappa shape index (κ2) is 9.48. The van der Waals surface area contributed by atoms with E-state index in [0.29, 0.717) is 11.3 Å². The molecule has 1 aliphatic rings. The summed E-state index contributed by atoms with van der Waals surface area (Å²) < 4.78 is 24.0. The molecule has 2 aromatic carbocycles. The third-order valence-electron chi connectivity index (χ3n) is 5.69. The number of ketones is 1. The first-order chi connectivity index (χ1) is 16.3. The number of aliphatic hydroxyl groups excluding tert-OH is 1. The van der Waals surface area contributed by atoms with Crippen LogP contribution >= 0.6 is 22.9 Å². The van der Waals surface area contributed by atoms with Gasteiger partial charge in [0.25, 0.3) is 11.7 Å². The van der Waals surface area contributed by atoms with Gasteiger partial charge in [-0.1, -0.05) is 23.7 Å². The first-order valence-electron chi connectivity index (χ1n) is 10.3. The van der Waals surface area contributed by atoms with Crippen LogP contribution in [0.3, 0.4) is 0 Å². The van der Waals surface area contributed by atoms with Gasteiger partial charge in [0.1, 0.15) is 29.1 Å². The van der Waals surface area contributed by atoms with E-state index < -0.39 is 29.3 Å². The highest BCUT2D eigenvalue weighted by Gasteiger charge is 2.47. The zero-order valence-electron chi connectivity index (χ0n) is 18.6. The van der Waals surface area contributed by atoms with E-state index in [-0.39, 0.29) is 28.5 Å². The number of aryl methyl sites for hydroxylation is 1. The molecule has 1 N–H and O–H groups in total. The number of rotatable bonds is 6. The van der Waals surface area contributed by atoms with Gasteiger partial charge in [-0.2, -0.15) is 0 Å². The molecule has 6 nitrogen and oxygen atoms in total. The number of thiophene rings is 1. The Labute approximate surface area is 204 Å². The van der Waals surface area contributed by atoms with E-state index >= 15 is 0 Å². The van der Waals surface area contributed by atoms with E-state index in [1.807, 2.05) is 18.4 Å². The number of methoxy groups -OCH3 is 2. The summed E-state index contributed by atoms with van der Waals surface area (Å²) in [5.74, 6) is -1.84. The monoisotopic (exact) mass is 501 g/mol. The number of hydrogen-bond acceptors (Lipinski definition) is 6. The van der Waals surface area contributed by atoms with E-state index in [1.54, 1.807) is 12.1 Å². The fraction of sp³-hybridized carbons (Fsp3) is 0.200. The van der Waals surface area contributed by atoms with Crippen molar-refractivity contribution >= 4 is 40.4 Å². The van der Waals surface area contributed by atoms with Crippen molar-refractivity contribution in [3.05, 3.63) is 85.8 Å². The predicted molar refractivity (Wildman–Crippen MR) is 128 cm³/mol. The van der Waals surface area contributed by atoms with Crippen molar-refractivity contribution in [2.75, 3.05) is 14.2 Å². The molecule has 9 heteroatoms. The number of benzene rings is 2. The lowest BCUT2D eigenvalue weighted by Gasteiger charge is -2.25. The minimum absolute atomic E-state index is 0.0597. The molecular formula is C25H21ClFNO5S. The minimum atomic E-state index is -0.837.